The molecule has 0 atom stereocenters. The number of aromatic nitrogens is 2. The van der Waals surface area contributed by atoms with Crippen LogP contribution < -0.4 is 14.2 Å². The van der Waals surface area contributed by atoms with Gasteiger partial charge in [0.05, 0.1) is 43.6 Å². The average Bonchev–Trinajstić information content (AvgIpc) is 3.39. The minimum absolute atomic E-state index is 0.0526. The van der Waals surface area contributed by atoms with Crippen LogP contribution in [-0.4, -0.2) is 51.9 Å². The summed E-state index contributed by atoms with van der Waals surface area (Å²) in [5, 5.41) is 21.4. The lowest BCUT2D eigenvalue weighted by Crippen LogP contribution is -2.14. The van der Waals surface area contributed by atoms with E-state index in [1.807, 2.05) is 0 Å². The van der Waals surface area contributed by atoms with Gasteiger partial charge in [-0.05, 0) is 35.4 Å². The lowest BCUT2D eigenvalue weighted by Gasteiger charge is -2.16. The Morgan fingerprint density at radius 2 is 1.53 bits per heavy atom. The number of allylic oxidation sites excluding steroid dienone is 1. The van der Waals surface area contributed by atoms with E-state index in [0.29, 0.717) is 16.6 Å². The molecule has 1 heterocycles. The monoisotopic (exact) mass is 535 g/mol. The van der Waals surface area contributed by atoms with Gasteiger partial charge in [-0.1, -0.05) is 18.2 Å². The first-order valence-corrected chi connectivity index (χ1v) is 11.8. The lowest BCUT2D eigenvalue weighted by atomic mass is 9.89. The molecule has 0 saturated carbocycles. The SMILES string of the molecule is COc1cc(C(=O)/C(Cc2ccc([N+](=O)[O-])cc2)=C(/C(=O)O)c2ccc3nsnc3c2)cc(OC)c1OC. The molecule has 1 aromatic heterocycles. The summed E-state index contributed by atoms with van der Waals surface area (Å²) in [7, 11) is 4.23. The first kappa shape index (κ1) is 26.2. The Kier molecular flexibility index (Phi) is 7.63. The molecule has 194 valence electrons. The van der Waals surface area contributed by atoms with Crippen LogP contribution in [0.3, 0.4) is 0 Å². The number of carboxylic acids is 1. The number of methoxy groups -OCH3 is 3. The molecule has 0 aliphatic rings. The van der Waals surface area contributed by atoms with E-state index in [9.17, 15) is 24.8 Å². The molecule has 0 saturated heterocycles. The third-order valence-electron chi connectivity index (χ3n) is 5.79. The summed E-state index contributed by atoms with van der Waals surface area (Å²) in [6.07, 6.45) is -0.123. The summed E-state index contributed by atoms with van der Waals surface area (Å²) >= 11 is 0.986. The number of hydrogen-bond acceptors (Lipinski definition) is 10. The first-order valence-electron chi connectivity index (χ1n) is 11.0. The predicted molar refractivity (Wildman–Crippen MR) is 139 cm³/mol. The molecule has 0 fully saturated rings. The largest absolute Gasteiger partial charge is 0.493 e. The second-order valence-corrected chi connectivity index (χ2v) is 8.50. The van der Waals surface area contributed by atoms with E-state index in [2.05, 4.69) is 8.75 Å². The number of nitro groups is 1. The number of ketones is 1. The van der Waals surface area contributed by atoms with Crippen molar-refractivity contribution in [1.82, 2.24) is 8.75 Å². The maximum Gasteiger partial charge on any atom is 0.336 e. The zero-order valence-corrected chi connectivity index (χ0v) is 21.3. The van der Waals surface area contributed by atoms with Crippen molar-refractivity contribution >= 4 is 45.8 Å². The standard InChI is InChI=1S/C26H21N3O8S/c1-35-21-12-16(13-22(36-2)25(21)37-3)24(30)18(10-14-4-7-17(8-5-14)29(33)34)23(26(31)32)15-6-9-19-20(11-15)28-38-27-19/h4-9,11-13H,10H2,1-3H3,(H,31,32)/b23-18+. The Morgan fingerprint density at radius 3 is 2.08 bits per heavy atom. The van der Waals surface area contributed by atoms with Crippen LogP contribution in [-0.2, 0) is 11.2 Å². The molecule has 4 aromatic rings. The van der Waals surface area contributed by atoms with E-state index in [-0.39, 0.29) is 51.6 Å². The van der Waals surface area contributed by atoms with Crippen molar-refractivity contribution in [2.75, 3.05) is 21.3 Å². The van der Waals surface area contributed by atoms with Crippen LogP contribution in [0.15, 0.2) is 60.2 Å². The Morgan fingerprint density at radius 1 is 0.895 bits per heavy atom. The number of benzene rings is 3. The fourth-order valence-electron chi connectivity index (χ4n) is 3.97. The summed E-state index contributed by atoms with van der Waals surface area (Å²) in [6, 6.07) is 13.2. The molecule has 12 heteroatoms. The summed E-state index contributed by atoms with van der Waals surface area (Å²) in [6.45, 7) is 0. The number of hydrogen-bond donors (Lipinski definition) is 1. The summed E-state index contributed by atoms with van der Waals surface area (Å²) < 4.78 is 24.4. The Hall–Kier alpha value is -4.84. The number of carbonyl (C=O) groups is 2. The number of nitro benzene ring substituents is 1. The fraction of sp³-hybridized carbons (Fsp3) is 0.154. The van der Waals surface area contributed by atoms with Crippen LogP contribution in [0.4, 0.5) is 5.69 Å². The fourth-order valence-corrected chi connectivity index (χ4v) is 4.49. The molecule has 0 aliphatic carbocycles. The van der Waals surface area contributed by atoms with Crippen molar-refractivity contribution in [2.45, 2.75) is 6.42 Å². The summed E-state index contributed by atoms with van der Waals surface area (Å²) in [5.74, 6) is -1.22. The number of carbonyl (C=O) groups excluding carboxylic acids is 1. The van der Waals surface area contributed by atoms with E-state index in [0.717, 1.165) is 11.7 Å². The highest BCUT2D eigenvalue weighted by molar-refractivity contribution is 7.00. The van der Waals surface area contributed by atoms with Crippen LogP contribution in [0, 0.1) is 10.1 Å². The number of nitrogens with zero attached hydrogens (tertiary/aromatic N) is 3. The third kappa shape index (κ3) is 5.15. The van der Waals surface area contributed by atoms with Gasteiger partial charge in [-0.2, -0.15) is 8.75 Å². The lowest BCUT2D eigenvalue weighted by molar-refractivity contribution is -0.384. The van der Waals surface area contributed by atoms with Gasteiger partial charge in [0, 0.05) is 29.7 Å². The van der Waals surface area contributed by atoms with Gasteiger partial charge in [-0.3, -0.25) is 14.9 Å². The number of rotatable bonds is 10. The normalized spacial score (nSPS) is 11.6. The molecule has 0 amide bonds. The van der Waals surface area contributed by atoms with Crippen molar-refractivity contribution in [1.29, 1.82) is 0 Å². The Balaban J connectivity index is 1.93. The first-order chi connectivity index (χ1) is 18.3. The minimum Gasteiger partial charge on any atom is -0.493 e. The Bertz CT molecular complexity index is 1550. The topological polar surface area (TPSA) is 151 Å². The van der Waals surface area contributed by atoms with Gasteiger partial charge in [0.15, 0.2) is 17.3 Å². The zero-order valence-electron chi connectivity index (χ0n) is 20.5. The zero-order chi connectivity index (χ0) is 27.4. The molecule has 0 spiro atoms. The number of fused-ring (bicyclic) bond motifs is 1. The van der Waals surface area contributed by atoms with Crippen molar-refractivity contribution < 1.29 is 33.8 Å². The molecule has 11 nitrogen and oxygen atoms in total. The number of carboxylic acid groups (broad SMARTS) is 1. The summed E-state index contributed by atoms with van der Waals surface area (Å²) in [4.78, 5) is 37.2. The van der Waals surface area contributed by atoms with E-state index in [1.165, 1.54) is 57.7 Å². The molecule has 0 radical (unpaired) electrons. The van der Waals surface area contributed by atoms with E-state index >= 15 is 0 Å². The van der Waals surface area contributed by atoms with Gasteiger partial charge in [0.1, 0.15) is 11.0 Å². The van der Waals surface area contributed by atoms with Gasteiger partial charge in [0.2, 0.25) is 5.75 Å². The van der Waals surface area contributed by atoms with Crippen LogP contribution in [0.1, 0.15) is 21.5 Å². The van der Waals surface area contributed by atoms with Gasteiger partial charge in [0.25, 0.3) is 5.69 Å². The molecule has 0 aliphatic heterocycles. The van der Waals surface area contributed by atoms with Gasteiger partial charge in [-0.15, -0.1) is 0 Å². The molecule has 1 N–H and O–H groups in total. The second kappa shape index (κ2) is 11.0. The minimum atomic E-state index is -1.33. The smallest absolute Gasteiger partial charge is 0.336 e. The van der Waals surface area contributed by atoms with Crippen molar-refractivity contribution in [2.24, 2.45) is 0 Å². The van der Waals surface area contributed by atoms with Gasteiger partial charge >= 0.3 is 5.97 Å². The molecule has 0 unspecified atom stereocenters. The Labute approximate surface area is 220 Å². The van der Waals surface area contributed by atoms with Crippen molar-refractivity contribution in [3.05, 3.63) is 87.0 Å². The molecular formula is C26H21N3O8S. The van der Waals surface area contributed by atoms with Crippen molar-refractivity contribution in [3.8, 4) is 17.2 Å². The molecule has 4 rings (SSSR count). The van der Waals surface area contributed by atoms with Crippen LogP contribution >= 0.6 is 11.7 Å². The average molecular weight is 536 g/mol. The maximum atomic E-state index is 14.0. The predicted octanol–water partition coefficient (Wildman–Crippen LogP) is 4.59. The van der Waals surface area contributed by atoms with E-state index in [4.69, 9.17) is 14.2 Å². The van der Waals surface area contributed by atoms with Gasteiger partial charge in [-0.25, -0.2) is 4.79 Å². The van der Waals surface area contributed by atoms with Crippen LogP contribution in [0.25, 0.3) is 16.6 Å². The number of Topliss-reactive ketones (excluding diaryl/α,β-unsaturated/α-hetero) is 1. The number of aliphatic carboxylic acids is 1. The van der Waals surface area contributed by atoms with E-state index in [1.54, 1.807) is 18.2 Å². The summed E-state index contributed by atoms with van der Waals surface area (Å²) in [5.41, 5.74) is 1.52. The maximum absolute atomic E-state index is 14.0. The number of ether oxygens (including phenoxy) is 3. The van der Waals surface area contributed by atoms with Crippen LogP contribution in [0.2, 0.25) is 0 Å². The molecule has 0 bridgehead atoms. The van der Waals surface area contributed by atoms with E-state index < -0.39 is 16.7 Å². The highest BCUT2D eigenvalue weighted by Gasteiger charge is 2.26. The highest BCUT2D eigenvalue weighted by atomic mass is 32.1. The highest BCUT2D eigenvalue weighted by Crippen LogP contribution is 2.39. The molecule has 38 heavy (non-hydrogen) atoms. The third-order valence-corrected chi connectivity index (χ3v) is 6.34. The van der Waals surface area contributed by atoms with Crippen LogP contribution in [0.5, 0.6) is 17.2 Å². The van der Waals surface area contributed by atoms with Crippen molar-refractivity contribution in [3.63, 3.8) is 0 Å². The molecular weight excluding hydrogens is 514 g/mol. The number of non-ortho nitro benzene ring substituents is 1. The molecule has 3 aromatic carbocycles. The van der Waals surface area contributed by atoms with Gasteiger partial charge < -0.3 is 19.3 Å². The quantitative estimate of drug-likeness (QED) is 0.132. The second-order valence-electron chi connectivity index (χ2n) is 7.97.